The number of halogens is 3. The maximum absolute atomic E-state index is 13.5. The molecule has 0 bridgehead atoms. The highest BCUT2D eigenvalue weighted by Crippen LogP contribution is 2.45. The quantitative estimate of drug-likeness (QED) is 0.900. The van der Waals surface area contributed by atoms with E-state index in [0.29, 0.717) is 0 Å². The number of hydrogen-bond acceptors (Lipinski definition) is 3. The number of nitrogens with zero attached hydrogens (tertiary/aromatic N) is 2. The molecule has 2 aliphatic rings. The highest BCUT2D eigenvalue weighted by Gasteiger charge is 2.64. The van der Waals surface area contributed by atoms with Crippen molar-refractivity contribution in [1.29, 1.82) is 0 Å². The first-order chi connectivity index (χ1) is 11.8. The maximum atomic E-state index is 13.5. The van der Waals surface area contributed by atoms with Gasteiger partial charge in [0.25, 0.3) is 11.6 Å². The summed E-state index contributed by atoms with van der Waals surface area (Å²) in [5.74, 6) is -1.02. The fraction of sp³-hybridized carbons (Fsp3) is 0.333. The number of carbonyl (C=O) groups is 1. The molecule has 25 heavy (non-hydrogen) atoms. The van der Waals surface area contributed by atoms with Crippen molar-refractivity contribution in [3.8, 4) is 0 Å². The fourth-order valence-corrected chi connectivity index (χ4v) is 3.09. The Bertz CT molecular complexity index is 889. The first-order valence-electron chi connectivity index (χ1n) is 7.99. The van der Waals surface area contributed by atoms with Gasteiger partial charge in [-0.3, -0.25) is 4.79 Å². The van der Waals surface area contributed by atoms with Gasteiger partial charge in [-0.2, -0.15) is 23.3 Å². The fourth-order valence-electron chi connectivity index (χ4n) is 3.09. The van der Waals surface area contributed by atoms with Crippen LogP contribution in [0, 0.1) is 5.92 Å². The minimum atomic E-state index is -4.99. The smallest absolute Gasteiger partial charge is 0.362 e. The van der Waals surface area contributed by atoms with E-state index >= 15 is 0 Å². The summed E-state index contributed by atoms with van der Waals surface area (Å²) < 4.78 is 40.4. The standard InChI is InChI=1S/C18H15F3N2O2/c19-18(20,21)17(25)10-15(12-6-7-12)22-23(17)16(24)14-8-5-11-3-1-2-4-13(11)9-14/h1-5,8-9,12,25H,6-7,10H2. The number of carbonyl (C=O) groups excluding carboxylic acids is 1. The monoisotopic (exact) mass is 348 g/mol. The molecular weight excluding hydrogens is 333 g/mol. The Morgan fingerprint density at radius 2 is 1.84 bits per heavy atom. The number of amides is 1. The molecule has 1 unspecified atom stereocenters. The van der Waals surface area contributed by atoms with Crippen LogP contribution in [0.2, 0.25) is 0 Å². The summed E-state index contributed by atoms with van der Waals surface area (Å²) in [6.07, 6.45) is -4.18. The van der Waals surface area contributed by atoms with E-state index < -0.39 is 24.2 Å². The molecule has 0 spiro atoms. The van der Waals surface area contributed by atoms with Crippen LogP contribution >= 0.6 is 0 Å². The van der Waals surface area contributed by atoms with Gasteiger partial charge in [-0.1, -0.05) is 30.3 Å². The first-order valence-corrected chi connectivity index (χ1v) is 7.99. The average Bonchev–Trinajstić information content (AvgIpc) is 3.36. The van der Waals surface area contributed by atoms with Crippen molar-refractivity contribution in [3.05, 3.63) is 48.0 Å². The number of hydrazone groups is 1. The zero-order valence-corrected chi connectivity index (χ0v) is 13.1. The Kier molecular flexibility index (Phi) is 3.40. The molecule has 0 saturated heterocycles. The van der Waals surface area contributed by atoms with Crippen LogP contribution in [0.1, 0.15) is 29.6 Å². The molecule has 1 saturated carbocycles. The molecule has 1 amide bonds. The van der Waals surface area contributed by atoms with Crippen molar-refractivity contribution < 1.29 is 23.1 Å². The zero-order chi connectivity index (χ0) is 17.8. The second-order valence-corrected chi connectivity index (χ2v) is 6.54. The summed E-state index contributed by atoms with van der Waals surface area (Å²) in [6.45, 7) is 0. The minimum absolute atomic E-state index is 0.0576. The molecular formula is C18H15F3N2O2. The number of benzene rings is 2. The highest BCUT2D eigenvalue weighted by atomic mass is 19.4. The molecule has 1 heterocycles. The lowest BCUT2D eigenvalue weighted by molar-refractivity contribution is -0.297. The lowest BCUT2D eigenvalue weighted by Crippen LogP contribution is -2.56. The van der Waals surface area contributed by atoms with Crippen molar-refractivity contribution >= 4 is 22.4 Å². The molecule has 1 N–H and O–H groups in total. The second-order valence-electron chi connectivity index (χ2n) is 6.54. The van der Waals surface area contributed by atoms with E-state index in [1.807, 2.05) is 12.1 Å². The third-order valence-corrected chi connectivity index (χ3v) is 4.70. The third-order valence-electron chi connectivity index (χ3n) is 4.70. The van der Waals surface area contributed by atoms with Gasteiger partial charge in [0.2, 0.25) is 0 Å². The summed E-state index contributed by atoms with van der Waals surface area (Å²) in [5, 5.41) is 15.9. The van der Waals surface area contributed by atoms with E-state index in [9.17, 15) is 23.1 Å². The molecule has 7 heteroatoms. The first kappa shape index (κ1) is 16.1. The summed E-state index contributed by atoms with van der Waals surface area (Å²) >= 11 is 0. The Morgan fingerprint density at radius 1 is 1.16 bits per heavy atom. The lowest BCUT2D eigenvalue weighted by atomic mass is 10.0. The van der Waals surface area contributed by atoms with Gasteiger partial charge in [-0.05, 0) is 41.7 Å². The molecule has 2 aromatic rings. The Balaban J connectivity index is 1.74. The van der Waals surface area contributed by atoms with Gasteiger partial charge in [0.05, 0.1) is 0 Å². The number of fused-ring (bicyclic) bond motifs is 1. The topological polar surface area (TPSA) is 52.9 Å². The van der Waals surface area contributed by atoms with Gasteiger partial charge >= 0.3 is 6.18 Å². The van der Waals surface area contributed by atoms with E-state index in [0.717, 1.165) is 23.6 Å². The number of alkyl halides is 3. The van der Waals surface area contributed by atoms with Gasteiger partial charge < -0.3 is 5.11 Å². The van der Waals surface area contributed by atoms with Gasteiger partial charge in [0, 0.05) is 17.7 Å². The number of aliphatic hydroxyl groups is 1. The van der Waals surface area contributed by atoms with Crippen molar-refractivity contribution in [1.82, 2.24) is 5.01 Å². The third kappa shape index (κ3) is 2.59. The largest absolute Gasteiger partial charge is 0.438 e. The minimum Gasteiger partial charge on any atom is -0.362 e. The number of rotatable bonds is 2. The maximum Gasteiger partial charge on any atom is 0.438 e. The van der Waals surface area contributed by atoms with Crippen molar-refractivity contribution in [3.63, 3.8) is 0 Å². The summed E-state index contributed by atoms with van der Waals surface area (Å²) in [6, 6.07) is 11.8. The molecule has 1 aliphatic heterocycles. The van der Waals surface area contributed by atoms with Gasteiger partial charge in [-0.25, -0.2) is 0 Å². The molecule has 130 valence electrons. The molecule has 2 aromatic carbocycles. The molecule has 1 fully saturated rings. The number of hydrogen-bond donors (Lipinski definition) is 1. The van der Waals surface area contributed by atoms with E-state index in [1.165, 1.54) is 12.1 Å². The Morgan fingerprint density at radius 3 is 2.48 bits per heavy atom. The predicted octanol–water partition coefficient (Wildman–Crippen LogP) is 3.70. The summed E-state index contributed by atoms with van der Waals surface area (Å²) in [5.41, 5.74) is -2.98. The molecule has 0 radical (unpaired) electrons. The molecule has 0 aromatic heterocycles. The molecule has 4 rings (SSSR count). The summed E-state index contributed by atoms with van der Waals surface area (Å²) in [7, 11) is 0. The van der Waals surface area contributed by atoms with Crippen molar-refractivity contribution in [2.24, 2.45) is 11.0 Å². The predicted molar refractivity (Wildman–Crippen MR) is 85.9 cm³/mol. The van der Waals surface area contributed by atoms with Crippen LogP contribution in [-0.2, 0) is 0 Å². The zero-order valence-electron chi connectivity index (χ0n) is 13.1. The summed E-state index contributed by atoms with van der Waals surface area (Å²) in [4.78, 5) is 12.7. The normalized spacial score (nSPS) is 23.8. The van der Waals surface area contributed by atoms with Crippen LogP contribution in [0.25, 0.3) is 10.8 Å². The van der Waals surface area contributed by atoms with Crippen LogP contribution in [0.15, 0.2) is 47.6 Å². The van der Waals surface area contributed by atoms with Crippen molar-refractivity contribution in [2.75, 3.05) is 0 Å². The van der Waals surface area contributed by atoms with E-state index in [4.69, 9.17) is 0 Å². The SMILES string of the molecule is O=C(c1ccc2ccccc2c1)N1N=C(C2CC2)CC1(O)C(F)(F)F. The van der Waals surface area contributed by atoms with E-state index in [1.54, 1.807) is 18.2 Å². The highest BCUT2D eigenvalue weighted by molar-refractivity contribution is 6.01. The second kappa shape index (κ2) is 5.29. The van der Waals surface area contributed by atoms with E-state index in [-0.39, 0.29) is 22.2 Å². The van der Waals surface area contributed by atoms with Gasteiger partial charge in [0.1, 0.15) is 0 Å². The van der Waals surface area contributed by atoms with Crippen LogP contribution in [0.4, 0.5) is 13.2 Å². The van der Waals surface area contributed by atoms with Crippen LogP contribution in [0.3, 0.4) is 0 Å². The molecule has 1 aliphatic carbocycles. The Hall–Kier alpha value is -2.41. The van der Waals surface area contributed by atoms with Gasteiger partial charge in [0.15, 0.2) is 0 Å². The van der Waals surface area contributed by atoms with Crippen LogP contribution < -0.4 is 0 Å². The van der Waals surface area contributed by atoms with E-state index in [2.05, 4.69) is 5.10 Å². The molecule has 4 nitrogen and oxygen atoms in total. The van der Waals surface area contributed by atoms with Crippen LogP contribution in [-0.4, -0.2) is 33.6 Å². The van der Waals surface area contributed by atoms with Crippen molar-refractivity contribution in [2.45, 2.75) is 31.2 Å². The lowest BCUT2D eigenvalue weighted by Gasteiger charge is -2.32. The molecule has 1 atom stereocenters. The Labute approximate surface area is 141 Å². The van der Waals surface area contributed by atoms with Crippen LogP contribution in [0.5, 0.6) is 0 Å². The average molecular weight is 348 g/mol. The van der Waals surface area contributed by atoms with Gasteiger partial charge in [-0.15, -0.1) is 0 Å².